The van der Waals surface area contributed by atoms with Crippen LogP contribution in [0.4, 0.5) is 0 Å². The van der Waals surface area contributed by atoms with E-state index >= 15 is 0 Å². The molecule has 0 amide bonds. The van der Waals surface area contributed by atoms with E-state index < -0.39 is 0 Å². The summed E-state index contributed by atoms with van der Waals surface area (Å²) >= 11 is 6.13. The fraction of sp³-hybridized carbons (Fsp3) is 0.538. The topological polar surface area (TPSA) is 35.2 Å². The van der Waals surface area contributed by atoms with Crippen LogP contribution in [0.25, 0.3) is 0 Å². The monoisotopic (exact) mass is 241 g/mol. The van der Waals surface area contributed by atoms with Crippen molar-refractivity contribution in [3.8, 4) is 5.75 Å². The highest BCUT2D eigenvalue weighted by molar-refractivity contribution is 6.32. The summed E-state index contributed by atoms with van der Waals surface area (Å²) in [5.74, 6) is 0.751. The summed E-state index contributed by atoms with van der Waals surface area (Å²) in [7, 11) is 0. The van der Waals surface area contributed by atoms with Crippen molar-refractivity contribution in [2.45, 2.75) is 45.8 Å². The van der Waals surface area contributed by atoms with E-state index in [1.54, 1.807) is 0 Å². The minimum absolute atomic E-state index is 0.146. The molecule has 0 saturated carbocycles. The predicted octanol–water partition coefficient (Wildman–Crippen LogP) is 3.41. The zero-order valence-corrected chi connectivity index (χ0v) is 10.9. The molecule has 0 saturated heterocycles. The standard InChI is InChI=1S/C13H20ClNO/c1-9(2)16-13-7-6-11(8-12(13)14)5-4-10(3)15/h6-10H,4-5,15H2,1-3H3. The van der Waals surface area contributed by atoms with Gasteiger partial charge >= 0.3 is 0 Å². The van der Waals surface area contributed by atoms with E-state index in [1.807, 2.05) is 39.0 Å². The van der Waals surface area contributed by atoms with Crippen molar-refractivity contribution in [2.24, 2.45) is 5.73 Å². The van der Waals surface area contributed by atoms with E-state index in [9.17, 15) is 0 Å². The van der Waals surface area contributed by atoms with Gasteiger partial charge in [-0.25, -0.2) is 0 Å². The summed E-state index contributed by atoms with van der Waals surface area (Å²) in [4.78, 5) is 0. The van der Waals surface area contributed by atoms with E-state index in [1.165, 1.54) is 5.56 Å². The van der Waals surface area contributed by atoms with Crippen molar-refractivity contribution < 1.29 is 4.74 Å². The second kappa shape index (κ2) is 6.12. The van der Waals surface area contributed by atoms with Crippen LogP contribution in [0, 0.1) is 0 Å². The van der Waals surface area contributed by atoms with Crippen molar-refractivity contribution in [2.75, 3.05) is 0 Å². The van der Waals surface area contributed by atoms with Crippen LogP contribution < -0.4 is 10.5 Å². The van der Waals surface area contributed by atoms with Gasteiger partial charge in [-0.1, -0.05) is 17.7 Å². The van der Waals surface area contributed by atoms with Gasteiger partial charge in [0, 0.05) is 6.04 Å². The highest BCUT2D eigenvalue weighted by atomic mass is 35.5. The third kappa shape index (κ3) is 4.42. The smallest absolute Gasteiger partial charge is 0.138 e. The maximum absolute atomic E-state index is 6.13. The molecule has 3 heteroatoms. The number of rotatable bonds is 5. The Morgan fingerprint density at radius 1 is 1.31 bits per heavy atom. The predicted molar refractivity (Wildman–Crippen MR) is 69.2 cm³/mol. The van der Waals surface area contributed by atoms with Gasteiger partial charge < -0.3 is 10.5 Å². The first kappa shape index (κ1) is 13.3. The summed E-state index contributed by atoms with van der Waals surface area (Å²) in [6.45, 7) is 5.98. The van der Waals surface area contributed by atoms with Gasteiger partial charge in [0.25, 0.3) is 0 Å². The molecule has 2 nitrogen and oxygen atoms in total. The highest BCUT2D eigenvalue weighted by Gasteiger charge is 2.05. The number of halogens is 1. The Hall–Kier alpha value is -0.730. The van der Waals surface area contributed by atoms with Crippen LogP contribution in [-0.2, 0) is 6.42 Å². The summed E-state index contributed by atoms with van der Waals surface area (Å²) in [6.07, 6.45) is 2.08. The van der Waals surface area contributed by atoms with Crippen LogP contribution >= 0.6 is 11.6 Å². The Bertz CT molecular complexity index is 337. The molecule has 0 aliphatic rings. The molecular weight excluding hydrogens is 222 g/mol. The Labute approximate surface area is 103 Å². The third-order valence-electron chi connectivity index (χ3n) is 2.25. The van der Waals surface area contributed by atoms with Crippen LogP contribution in [0.3, 0.4) is 0 Å². The third-order valence-corrected chi connectivity index (χ3v) is 2.54. The first-order valence-electron chi connectivity index (χ1n) is 5.69. The maximum Gasteiger partial charge on any atom is 0.138 e. The van der Waals surface area contributed by atoms with Gasteiger partial charge in [-0.2, -0.15) is 0 Å². The van der Waals surface area contributed by atoms with Crippen LogP contribution in [0.1, 0.15) is 32.8 Å². The second-order valence-electron chi connectivity index (χ2n) is 4.45. The molecule has 0 radical (unpaired) electrons. The van der Waals surface area contributed by atoms with Crippen LogP contribution in [0.2, 0.25) is 5.02 Å². The lowest BCUT2D eigenvalue weighted by atomic mass is 10.1. The number of ether oxygens (including phenoxy) is 1. The molecule has 2 N–H and O–H groups in total. The Morgan fingerprint density at radius 3 is 2.50 bits per heavy atom. The Kier molecular flexibility index (Phi) is 5.10. The number of benzene rings is 1. The van der Waals surface area contributed by atoms with Gasteiger partial charge in [-0.15, -0.1) is 0 Å². The van der Waals surface area contributed by atoms with Gasteiger partial charge in [-0.05, 0) is 51.3 Å². The first-order chi connectivity index (χ1) is 7.49. The van der Waals surface area contributed by atoms with Gasteiger partial charge in [0.2, 0.25) is 0 Å². The lowest BCUT2D eigenvalue weighted by molar-refractivity contribution is 0.242. The lowest BCUT2D eigenvalue weighted by Crippen LogP contribution is -2.15. The summed E-state index contributed by atoms with van der Waals surface area (Å²) in [5, 5.41) is 0.677. The molecule has 1 aromatic rings. The molecule has 90 valence electrons. The molecule has 1 unspecified atom stereocenters. The average molecular weight is 242 g/mol. The molecule has 0 fully saturated rings. The molecule has 0 spiro atoms. The van der Waals surface area contributed by atoms with Crippen molar-refractivity contribution in [3.63, 3.8) is 0 Å². The normalized spacial score (nSPS) is 12.9. The Balaban J connectivity index is 2.67. The van der Waals surface area contributed by atoms with E-state index in [4.69, 9.17) is 22.1 Å². The van der Waals surface area contributed by atoms with Crippen LogP contribution in [0.5, 0.6) is 5.75 Å². The average Bonchev–Trinajstić information content (AvgIpc) is 2.18. The fourth-order valence-electron chi connectivity index (χ4n) is 1.44. The number of hydrogen-bond donors (Lipinski definition) is 1. The highest BCUT2D eigenvalue weighted by Crippen LogP contribution is 2.26. The minimum atomic E-state index is 0.146. The van der Waals surface area contributed by atoms with E-state index in [-0.39, 0.29) is 12.1 Å². The van der Waals surface area contributed by atoms with Crippen LogP contribution in [-0.4, -0.2) is 12.1 Å². The molecule has 0 heterocycles. The molecule has 0 bridgehead atoms. The molecule has 0 aliphatic carbocycles. The van der Waals surface area contributed by atoms with E-state index in [2.05, 4.69) is 0 Å². The molecule has 0 aliphatic heterocycles. The molecular formula is C13H20ClNO. The SMILES string of the molecule is CC(N)CCc1ccc(OC(C)C)c(Cl)c1. The lowest BCUT2D eigenvalue weighted by Gasteiger charge is -2.12. The van der Waals surface area contributed by atoms with Gasteiger partial charge in [0.05, 0.1) is 11.1 Å². The molecule has 1 aromatic carbocycles. The fourth-order valence-corrected chi connectivity index (χ4v) is 1.69. The molecule has 0 aromatic heterocycles. The van der Waals surface area contributed by atoms with Crippen molar-refractivity contribution in [3.05, 3.63) is 28.8 Å². The van der Waals surface area contributed by atoms with Crippen LogP contribution in [0.15, 0.2) is 18.2 Å². The molecule has 16 heavy (non-hydrogen) atoms. The number of aryl methyl sites for hydroxylation is 1. The minimum Gasteiger partial charge on any atom is -0.489 e. The second-order valence-corrected chi connectivity index (χ2v) is 4.85. The van der Waals surface area contributed by atoms with E-state index in [0.717, 1.165) is 18.6 Å². The number of hydrogen-bond acceptors (Lipinski definition) is 2. The zero-order valence-electron chi connectivity index (χ0n) is 10.2. The quantitative estimate of drug-likeness (QED) is 0.858. The van der Waals surface area contributed by atoms with Gasteiger partial charge in [0.1, 0.15) is 5.75 Å². The van der Waals surface area contributed by atoms with Gasteiger partial charge in [0.15, 0.2) is 0 Å². The van der Waals surface area contributed by atoms with Gasteiger partial charge in [-0.3, -0.25) is 0 Å². The largest absolute Gasteiger partial charge is 0.489 e. The molecule has 1 rings (SSSR count). The summed E-state index contributed by atoms with van der Waals surface area (Å²) in [6, 6.07) is 6.16. The zero-order chi connectivity index (χ0) is 12.1. The first-order valence-corrected chi connectivity index (χ1v) is 6.07. The Morgan fingerprint density at radius 2 is 2.00 bits per heavy atom. The van der Waals surface area contributed by atoms with Crippen molar-refractivity contribution >= 4 is 11.6 Å². The summed E-state index contributed by atoms with van der Waals surface area (Å²) < 4.78 is 5.57. The number of nitrogens with two attached hydrogens (primary N) is 1. The molecule has 1 atom stereocenters. The van der Waals surface area contributed by atoms with Crippen molar-refractivity contribution in [1.29, 1.82) is 0 Å². The maximum atomic E-state index is 6.13. The van der Waals surface area contributed by atoms with E-state index in [0.29, 0.717) is 5.02 Å². The summed E-state index contributed by atoms with van der Waals surface area (Å²) in [5.41, 5.74) is 6.92. The van der Waals surface area contributed by atoms with Crippen molar-refractivity contribution in [1.82, 2.24) is 0 Å².